The molecule has 0 aromatic rings. The highest BCUT2D eigenvalue weighted by molar-refractivity contribution is 5.79. The zero-order valence-corrected chi connectivity index (χ0v) is 13.6. The van der Waals surface area contributed by atoms with Crippen LogP contribution in [0.15, 0.2) is 0 Å². The molecule has 5 heteroatoms. The van der Waals surface area contributed by atoms with Gasteiger partial charge in [0.2, 0.25) is 5.91 Å². The van der Waals surface area contributed by atoms with Gasteiger partial charge in [0, 0.05) is 38.6 Å². The van der Waals surface area contributed by atoms with Gasteiger partial charge < -0.3 is 15.4 Å². The van der Waals surface area contributed by atoms with Crippen LogP contribution in [-0.2, 0) is 9.53 Å². The van der Waals surface area contributed by atoms with Crippen LogP contribution in [0.25, 0.3) is 0 Å². The highest BCUT2D eigenvalue weighted by Crippen LogP contribution is 2.32. The third-order valence-corrected chi connectivity index (χ3v) is 4.82. The van der Waals surface area contributed by atoms with Crippen LogP contribution >= 0.6 is 0 Å². The van der Waals surface area contributed by atoms with E-state index in [1.54, 1.807) is 0 Å². The van der Waals surface area contributed by atoms with Gasteiger partial charge in [0.25, 0.3) is 0 Å². The summed E-state index contributed by atoms with van der Waals surface area (Å²) in [6.45, 7) is 10.2. The van der Waals surface area contributed by atoms with E-state index in [1.165, 1.54) is 0 Å². The number of nitrogens with two attached hydrogens (primary N) is 1. The van der Waals surface area contributed by atoms with E-state index in [0.29, 0.717) is 24.5 Å². The molecule has 1 saturated heterocycles. The van der Waals surface area contributed by atoms with Gasteiger partial charge in [-0.1, -0.05) is 6.42 Å². The van der Waals surface area contributed by atoms with Gasteiger partial charge in [-0.2, -0.15) is 0 Å². The molecule has 2 fully saturated rings. The lowest BCUT2D eigenvalue weighted by Gasteiger charge is -2.36. The fraction of sp³-hybridized carbons (Fsp3) is 0.938. The zero-order chi connectivity index (χ0) is 15.2. The Kier molecular flexibility index (Phi) is 6.45. The first kappa shape index (κ1) is 16.7. The lowest BCUT2D eigenvalue weighted by molar-refractivity contribution is -0.138. The predicted molar refractivity (Wildman–Crippen MR) is 84.0 cm³/mol. The molecular weight excluding hydrogens is 266 g/mol. The molecule has 0 unspecified atom stereocenters. The van der Waals surface area contributed by atoms with E-state index in [1.807, 2.05) is 0 Å². The monoisotopic (exact) mass is 297 g/mol. The van der Waals surface area contributed by atoms with Crippen LogP contribution in [0.2, 0.25) is 0 Å². The van der Waals surface area contributed by atoms with Crippen LogP contribution in [0.3, 0.4) is 0 Å². The van der Waals surface area contributed by atoms with Gasteiger partial charge in [0.05, 0.1) is 12.7 Å². The molecule has 0 bridgehead atoms. The highest BCUT2D eigenvalue weighted by atomic mass is 16.5. The van der Waals surface area contributed by atoms with Gasteiger partial charge in [0.1, 0.15) is 0 Å². The van der Waals surface area contributed by atoms with Crippen LogP contribution in [0.5, 0.6) is 0 Å². The number of ether oxygens (including phenoxy) is 1. The topological polar surface area (TPSA) is 58.8 Å². The van der Waals surface area contributed by atoms with E-state index < -0.39 is 0 Å². The normalized spacial score (nSPS) is 27.5. The number of hydrogen-bond donors (Lipinski definition) is 1. The van der Waals surface area contributed by atoms with Gasteiger partial charge >= 0.3 is 0 Å². The molecule has 2 rings (SSSR count). The first-order valence-electron chi connectivity index (χ1n) is 8.44. The second-order valence-electron chi connectivity index (χ2n) is 6.62. The van der Waals surface area contributed by atoms with Gasteiger partial charge in [-0.05, 0) is 39.2 Å². The quantitative estimate of drug-likeness (QED) is 0.792. The number of nitrogens with zero attached hydrogens (tertiary/aromatic N) is 2. The molecule has 0 spiro atoms. The molecule has 1 saturated carbocycles. The molecule has 2 aliphatic rings. The minimum absolute atomic E-state index is 0.186. The number of carbonyl (C=O) groups is 1. The van der Waals surface area contributed by atoms with Crippen molar-refractivity contribution in [1.82, 2.24) is 9.80 Å². The Labute approximate surface area is 128 Å². The van der Waals surface area contributed by atoms with E-state index >= 15 is 0 Å². The molecule has 1 aliphatic heterocycles. The number of amides is 1. The molecule has 122 valence electrons. The lowest BCUT2D eigenvalue weighted by Crippen LogP contribution is -2.51. The Balaban J connectivity index is 1.72. The van der Waals surface area contributed by atoms with Crippen molar-refractivity contribution >= 4 is 5.91 Å². The summed E-state index contributed by atoms with van der Waals surface area (Å²) in [6.07, 6.45) is 3.61. The van der Waals surface area contributed by atoms with Crippen LogP contribution in [0.4, 0.5) is 0 Å². The minimum atomic E-state index is 0.186. The number of rotatable bonds is 6. The summed E-state index contributed by atoms with van der Waals surface area (Å²) in [5, 5.41) is 0. The molecule has 2 N–H and O–H groups in total. The summed E-state index contributed by atoms with van der Waals surface area (Å²) in [6, 6.07) is 0. The van der Waals surface area contributed by atoms with Crippen molar-refractivity contribution < 1.29 is 9.53 Å². The SMILES string of the molecule is CC(C)OCCN1CCN(C(=O)[C@@H]2CCC[C@@H]2CN)CC1. The second kappa shape index (κ2) is 8.11. The summed E-state index contributed by atoms with van der Waals surface area (Å²) in [5.41, 5.74) is 5.80. The standard InChI is InChI=1S/C16H31N3O2/c1-13(2)21-11-10-18-6-8-19(9-7-18)16(20)15-5-3-4-14(15)12-17/h13-15H,3-12,17H2,1-2H3/t14-,15-/m1/s1. The third-order valence-electron chi connectivity index (χ3n) is 4.82. The van der Waals surface area contributed by atoms with E-state index in [2.05, 4.69) is 23.6 Å². The van der Waals surface area contributed by atoms with Crippen molar-refractivity contribution in [2.24, 2.45) is 17.6 Å². The maximum Gasteiger partial charge on any atom is 0.226 e. The summed E-state index contributed by atoms with van der Waals surface area (Å²) in [4.78, 5) is 17.1. The Morgan fingerprint density at radius 1 is 1.24 bits per heavy atom. The van der Waals surface area contributed by atoms with E-state index in [9.17, 15) is 4.79 Å². The zero-order valence-electron chi connectivity index (χ0n) is 13.6. The maximum atomic E-state index is 12.6. The molecule has 0 aromatic carbocycles. The summed E-state index contributed by atoms with van der Waals surface area (Å²) in [5.74, 6) is 0.946. The molecule has 0 aromatic heterocycles. The molecule has 2 atom stereocenters. The van der Waals surface area contributed by atoms with Crippen molar-refractivity contribution in [2.45, 2.75) is 39.2 Å². The highest BCUT2D eigenvalue weighted by Gasteiger charge is 2.35. The molecular formula is C16H31N3O2. The van der Waals surface area contributed by atoms with Crippen molar-refractivity contribution in [2.75, 3.05) is 45.9 Å². The molecule has 1 aliphatic carbocycles. The van der Waals surface area contributed by atoms with Crippen LogP contribution in [0, 0.1) is 11.8 Å². The summed E-state index contributed by atoms with van der Waals surface area (Å²) in [7, 11) is 0. The minimum Gasteiger partial charge on any atom is -0.377 e. The van der Waals surface area contributed by atoms with E-state index in [4.69, 9.17) is 10.5 Å². The Bertz CT molecular complexity index is 327. The van der Waals surface area contributed by atoms with Crippen LogP contribution < -0.4 is 5.73 Å². The Morgan fingerprint density at radius 2 is 1.95 bits per heavy atom. The van der Waals surface area contributed by atoms with Crippen LogP contribution in [-0.4, -0.2) is 67.7 Å². The largest absolute Gasteiger partial charge is 0.377 e. The molecule has 1 amide bonds. The second-order valence-corrected chi connectivity index (χ2v) is 6.62. The van der Waals surface area contributed by atoms with Crippen molar-refractivity contribution in [3.05, 3.63) is 0 Å². The van der Waals surface area contributed by atoms with Crippen molar-refractivity contribution in [3.63, 3.8) is 0 Å². The number of piperazine rings is 1. The predicted octanol–water partition coefficient (Wildman–Crippen LogP) is 0.931. The van der Waals surface area contributed by atoms with E-state index in [-0.39, 0.29) is 5.92 Å². The van der Waals surface area contributed by atoms with Gasteiger partial charge in [-0.25, -0.2) is 0 Å². The fourth-order valence-electron chi connectivity index (χ4n) is 3.49. The number of hydrogen-bond acceptors (Lipinski definition) is 4. The van der Waals surface area contributed by atoms with Crippen molar-refractivity contribution in [3.8, 4) is 0 Å². The first-order valence-corrected chi connectivity index (χ1v) is 8.44. The fourth-order valence-corrected chi connectivity index (χ4v) is 3.49. The summed E-state index contributed by atoms with van der Waals surface area (Å²) < 4.78 is 5.59. The van der Waals surface area contributed by atoms with Gasteiger partial charge in [0.15, 0.2) is 0 Å². The molecule has 5 nitrogen and oxygen atoms in total. The first-order chi connectivity index (χ1) is 10.1. The van der Waals surface area contributed by atoms with Gasteiger partial charge in [-0.3, -0.25) is 9.69 Å². The summed E-state index contributed by atoms with van der Waals surface area (Å²) >= 11 is 0. The Morgan fingerprint density at radius 3 is 2.57 bits per heavy atom. The maximum absolute atomic E-state index is 12.6. The molecule has 1 heterocycles. The average molecular weight is 297 g/mol. The average Bonchev–Trinajstić information content (AvgIpc) is 2.95. The molecule has 21 heavy (non-hydrogen) atoms. The number of carbonyl (C=O) groups excluding carboxylic acids is 1. The van der Waals surface area contributed by atoms with Gasteiger partial charge in [-0.15, -0.1) is 0 Å². The third kappa shape index (κ3) is 4.66. The smallest absolute Gasteiger partial charge is 0.226 e. The van der Waals surface area contributed by atoms with Crippen LogP contribution in [0.1, 0.15) is 33.1 Å². The lowest BCUT2D eigenvalue weighted by atomic mass is 9.94. The Hall–Kier alpha value is -0.650. The van der Waals surface area contributed by atoms with Crippen molar-refractivity contribution in [1.29, 1.82) is 0 Å². The molecule has 0 radical (unpaired) electrons. The van der Waals surface area contributed by atoms with E-state index in [0.717, 1.165) is 58.6 Å².